The fourth-order valence-corrected chi connectivity index (χ4v) is 4.69. The summed E-state index contributed by atoms with van der Waals surface area (Å²) in [7, 11) is 1.46. The van der Waals surface area contributed by atoms with Crippen molar-refractivity contribution in [3.63, 3.8) is 0 Å². The molecular weight excluding hydrogens is 394 g/mol. The second-order valence-corrected chi connectivity index (χ2v) is 9.87. The fourth-order valence-electron chi connectivity index (χ4n) is 4.69. The number of rotatable bonds is 8. The highest BCUT2D eigenvalue weighted by atomic mass is 16.6. The van der Waals surface area contributed by atoms with E-state index in [-0.39, 0.29) is 23.8 Å². The smallest absolute Gasteiger partial charge is 0.407 e. The van der Waals surface area contributed by atoms with E-state index in [1.54, 1.807) is 0 Å². The van der Waals surface area contributed by atoms with Gasteiger partial charge in [-0.2, -0.15) is 0 Å². The number of aliphatic imine (C=N–C) groups is 1. The number of methoxy groups -OCH3 is 1. The largest absolute Gasteiger partial charge is 0.469 e. The number of esters is 1. The lowest BCUT2D eigenvalue weighted by molar-refractivity contribution is -0.148. The average Bonchev–Trinajstić information content (AvgIpc) is 3.23. The number of nitrogens with zero attached hydrogens (tertiary/aromatic N) is 2. The Morgan fingerprint density at radius 3 is 2.74 bits per heavy atom. The van der Waals surface area contributed by atoms with Crippen LogP contribution in [0.3, 0.4) is 0 Å². The first-order valence-corrected chi connectivity index (χ1v) is 11.4. The van der Waals surface area contributed by atoms with E-state index >= 15 is 0 Å². The zero-order valence-electron chi connectivity index (χ0n) is 19.5. The van der Waals surface area contributed by atoms with Gasteiger partial charge in [-0.1, -0.05) is 25.5 Å². The van der Waals surface area contributed by atoms with Crippen LogP contribution >= 0.6 is 0 Å². The molecule has 4 atom stereocenters. The van der Waals surface area contributed by atoms with Gasteiger partial charge >= 0.3 is 12.1 Å². The Hall–Kier alpha value is -2.31. The number of alkyl carbamates (subject to hydrolysis) is 1. The maximum Gasteiger partial charge on any atom is 0.407 e. The van der Waals surface area contributed by atoms with Crippen molar-refractivity contribution >= 4 is 18.4 Å². The standard InChI is InChI=1S/C24H37N3O4/c1-6-17(14-25-22(29)31-23(2,3)4)12-18-13-24(18,21(28)30-5)20-15-27(16-26-20)19-10-8-7-9-11-19/h8,10-11,16-18,20H,6-7,9,12-15H2,1-5H3,(H,25,29)/t17?,18?,20?,24-/m1/s1. The second-order valence-electron chi connectivity index (χ2n) is 9.87. The molecule has 1 aliphatic heterocycles. The van der Waals surface area contributed by atoms with Crippen LogP contribution in [0, 0.1) is 17.3 Å². The van der Waals surface area contributed by atoms with Gasteiger partial charge in [0.15, 0.2) is 0 Å². The number of nitrogens with one attached hydrogen (secondary N) is 1. The van der Waals surface area contributed by atoms with Gasteiger partial charge in [-0.05, 0) is 64.4 Å². The molecule has 0 aromatic heterocycles. The highest BCUT2D eigenvalue weighted by Crippen LogP contribution is 2.60. The van der Waals surface area contributed by atoms with Gasteiger partial charge in [0.2, 0.25) is 0 Å². The third kappa shape index (κ3) is 5.49. The highest BCUT2D eigenvalue weighted by Gasteiger charge is 2.66. The lowest BCUT2D eigenvalue weighted by Crippen LogP contribution is -2.37. The van der Waals surface area contributed by atoms with Gasteiger partial charge in [0.25, 0.3) is 0 Å². The third-order valence-corrected chi connectivity index (χ3v) is 6.50. The SMILES string of the molecule is CCC(CNC(=O)OC(C)(C)C)CC1C[C@]1(C(=O)OC)C1CN(C2=CCCC=C2)C=N1. The van der Waals surface area contributed by atoms with E-state index in [9.17, 15) is 9.59 Å². The molecule has 3 aliphatic rings. The van der Waals surface area contributed by atoms with Gasteiger partial charge in [0.05, 0.1) is 24.9 Å². The highest BCUT2D eigenvalue weighted by molar-refractivity contribution is 5.83. The van der Waals surface area contributed by atoms with E-state index in [1.807, 2.05) is 27.1 Å². The van der Waals surface area contributed by atoms with E-state index in [1.165, 1.54) is 7.11 Å². The van der Waals surface area contributed by atoms with E-state index < -0.39 is 17.1 Å². The summed E-state index contributed by atoms with van der Waals surface area (Å²) in [6.45, 7) is 8.91. The topological polar surface area (TPSA) is 80.2 Å². The molecule has 7 nitrogen and oxygen atoms in total. The van der Waals surface area contributed by atoms with Gasteiger partial charge in [0, 0.05) is 18.8 Å². The first-order chi connectivity index (χ1) is 14.7. The lowest BCUT2D eigenvalue weighted by Gasteiger charge is -2.25. The van der Waals surface area contributed by atoms with Crippen LogP contribution in [-0.4, -0.2) is 55.1 Å². The molecule has 0 radical (unpaired) electrons. The molecule has 0 aromatic rings. The number of hydrogen-bond donors (Lipinski definition) is 1. The third-order valence-electron chi connectivity index (χ3n) is 6.50. The van der Waals surface area contributed by atoms with Gasteiger partial charge in [-0.3, -0.25) is 9.79 Å². The summed E-state index contributed by atoms with van der Waals surface area (Å²) in [5.74, 6) is 0.322. The van der Waals surface area contributed by atoms with Crippen LogP contribution in [0.15, 0.2) is 28.9 Å². The Labute approximate surface area is 185 Å². The van der Waals surface area contributed by atoms with Gasteiger partial charge < -0.3 is 19.7 Å². The molecular formula is C24H37N3O4. The minimum Gasteiger partial charge on any atom is -0.469 e. The number of amides is 1. The van der Waals surface area contributed by atoms with Crippen LogP contribution in [0.2, 0.25) is 0 Å². The number of ether oxygens (including phenoxy) is 2. The summed E-state index contributed by atoms with van der Waals surface area (Å²) in [5, 5.41) is 2.88. The molecule has 172 valence electrons. The van der Waals surface area contributed by atoms with E-state index in [4.69, 9.17) is 14.5 Å². The van der Waals surface area contributed by atoms with Gasteiger partial charge in [-0.25, -0.2) is 4.79 Å². The molecule has 0 spiro atoms. The predicted octanol–water partition coefficient (Wildman–Crippen LogP) is 4.05. The Morgan fingerprint density at radius 1 is 1.35 bits per heavy atom. The number of carbonyl (C=O) groups is 2. The van der Waals surface area contributed by atoms with Crippen molar-refractivity contribution in [1.82, 2.24) is 10.2 Å². The summed E-state index contributed by atoms with van der Waals surface area (Å²) in [4.78, 5) is 31.7. The summed E-state index contributed by atoms with van der Waals surface area (Å²) in [6, 6.07) is -0.0995. The molecule has 0 bridgehead atoms. The summed E-state index contributed by atoms with van der Waals surface area (Å²) in [5.41, 5.74) is 0.0818. The molecule has 0 aromatic carbocycles. The number of hydrogen-bond acceptors (Lipinski definition) is 6. The van der Waals surface area contributed by atoms with E-state index in [0.29, 0.717) is 13.1 Å². The molecule has 3 unspecified atom stereocenters. The fraction of sp³-hybridized carbons (Fsp3) is 0.708. The Balaban J connectivity index is 1.59. The van der Waals surface area contributed by atoms with Crippen LogP contribution in [0.1, 0.15) is 59.8 Å². The van der Waals surface area contributed by atoms with Crippen LogP contribution in [0.5, 0.6) is 0 Å². The molecule has 2 aliphatic carbocycles. The maximum absolute atomic E-state index is 12.8. The van der Waals surface area contributed by atoms with Crippen molar-refractivity contribution in [3.8, 4) is 0 Å². The number of carbonyl (C=O) groups excluding carboxylic acids is 2. The zero-order chi connectivity index (χ0) is 22.6. The molecule has 3 rings (SSSR count). The van der Waals surface area contributed by atoms with Crippen LogP contribution in [0.25, 0.3) is 0 Å². The van der Waals surface area contributed by atoms with Crippen LogP contribution in [-0.2, 0) is 14.3 Å². The van der Waals surface area contributed by atoms with Crippen molar-refractivity contribution in [2.75, 3.05) is 20.2 Å². The van der Waals surface area contributed by atoms with Crippen LogP contribution < -0.4 is 5.32 Å². The summed E-state index contributed by atoms with van der Waals surface area (Å²) in [6.07, 6.45) is 12.7. The minimum atomic E-state index is -0.557. The molecule has 1 fully saturated rings. The van der Waals surface area contributed by atoms with Gasteiger partial charge in [-0.15, -0.1) is 0 Å². The first-order valence-electron chi connectivity index (χ1n) is 11.4. The summed E-state index contributed by atoms with van der Waals surface area (Å²) >= 11 is 0. The van der Waals surface area contributed by atoms with Crippen molar-refractivity contribution < 1.29 is 19.1 Å². The van der Waals surface area contributed by atoms with Crippen molar-refractivity contribution in [2.24, 2.45) is 22.2 Å². The molecule has 1 amide bonds. The van der Waals surface area contributed by atoms with Crippen LogP contribution in [0.4, 0.5) is 4.79 Å². The maximum atomic E-state index is 12.8. The van der Waals surface area contributed by atoms with Gasteiger partial charge in [0.1, 0.15) is 5.60 Å². The molecule has 1 heterocycles. The minimum absolute atomic E-state index is 0.0995. The monoisotopic (exact) mass is 431 g/mol. The summed E-state index contributed by atoms with van der Waals surface area (Å²) < 4.78 is 10.6. The molecule has 7 heteroatoms. The van der Waals surface area contributed by atoms with Crippen molar-refractivity contribution in [3.05, 3.63) is 23.9 Å². The Morgan fingerprint density at radius 2 is 2.13 bits per heavy atom. The Bertz CT molecular complexity index is 767. The average molecular weight is 432 g/mol. The quantitative estimate of drug-likeness (QED) is 0.587. The predicted molar refractivity (Wildman–Crippen MR) is 121 cm³/mol. The lowest BCUT2D eigenvalue weighted by atomic mass is 9.89. The first kappa shape index (κ1) is 23.4. The van der Waals surface area contributed by atoms with E-state index in [2.05, 4.69) is 35.4 Å². The normalized spacial score (nSPS) is 28.2. The van der Waals surface area contributed by atoms with Crippen molar-refractivity contribution in [1.29, 1.82) is 0 Å². The Kier molecular flexibility index (Phi) is 7.12. The molecule has 31 heavy (non-hydrogen) atoms. The van der Waals surface area contributed by atoms with Crippen molar-refractivity contribution in [2.45, 2.75) is 71.4 Å². The molecule has 1 N–H and O–H groups in total. The zero-order valence-corrected chi connectivity index (χ0v) is 19.5. The van der Waals surface area contributed by atoms with E-state index in [0.717, 1.165) is 37.8 Å². The molecule has 0 saturated heterocycles. The second kappa shape index (κ2) is 9.45. The molecule has 1 saturated carbocycles. The number of allylic oxidation sites excluding steroid dienone is 3.